The number of hydrogen-bond donors (Lipinski definition) is 1. The van der Waals surface area contributed by atoms with Crippen molar-refractivity contribution in [2.24, 2.45) is 12.5 Å². The van der Waals surface area contributed by atoms with Gasteiger partial charge in [0.25, 0.3) is 5.91 Å². The van der Waals surface area contributed by atoms with Crippen LogP contribution in [0.1, 0.15) is 48.7 Å². The quantitative estimate of drug-likeness (QED) is 0.307. The number of nitrogens with zero attached hydrogens (tertiary/aromatic N) is 8. The molecule has 0 radical (unpaired) electrons. The van der Waals surface area contributed by atoms with Crippen LogP contribution in [0.15, 0.2) is 65.2 Å². The molecule has 0 saturated carbocycles. The largest absolute Gasteiger partial charge is 0.436 e. The molecule has 1 aliphatic heterocycles. The second-order valence-electron chi connectivity index (χ2n) is 11.8. The molecule has 3 aromatic heterocycles. The first-order chi connectivity index (χ1) is 21.0. The third-order valence-corrected chi connectivity index (χ3v) is 7.47. The molecule has 2 amide bonds. The van der Waals surface area contributed by atoms with Crippen LogP contribution in [0.2, 0.25) is 0 Å². The molecule has 0 aliphatic carbocycles. The van der Waals surface area contributed by atoms with Crippen LogP contribution < -0.4 is 5.32 Å². The van der Waals surface area contributed by atoms with Crippen LogP contribution in [-0.4, -0.2) is 78.0 Å². The van der Waals surface area contributed by atoms with Gasteiger partial charge >= 0.3 is 0 Å². The SMILES string of the molecule is Cn1nnc(C(c2ccc(F)cc2)N2CCN(C(=O)c3cc(-c4nc5cc(NC(=O)C(C)(C)C)ccc5o4)ccn3)CC2)n1. The first-order valence-electron chi connectivity index (χ1n) is 14.3. The second kappa shape index (κ2) is 11.6. The van der Waals surface area contributed by atoms with Crippen LogP contribution in [0.4, 0.5) is 10.1 Å². The molecule has 1 atom stereocenters. The molecule has 1 saturated heterocycles. The Bertz CT molecular complexity index is 1820. The van der Waals surface area contributed by atoms with Crippen LogP contribution in [0.25, 0.3) is 22.6 Å². The van der Waals surface area contributed by atoms with Crippen LogP contribution in [-0.2, 0) is 11.8 Å². The van der Waals surface area contributed by atoms with E-state index in [1.807, 2.05) is 20.8 Å². The van der Waals surface area contributed by atoms with Gasteiger partial charge in [-0.05, 0) is 53.2 Å². The summed E-state index contributed by atoms with van der Waals surface area (Å²) in [7, 11) is 1.70. The number of tetrazole rings is 1. The third-order valence-electron chi connectivity index (χ3n) is 7.47. The fourth-order valence-corrected chi connectivity index (χ4v) is 5.05. The molecule has 1 unspecified atom stereocenters. The molecule has 0 spiro atoms. The summed E-state index contributed by atoms with van der Waals surface area (Å²) in [6.45, 7) is 7.54. The minimum absolute atomic E-state index is 0.102. The number of oxazole rings is 1. The molecule has 2 aromatic carbocycles. The standard InChI is InChI=1S/C31H32FN9O3/c1-31(2,3)30(43)34-22-9-10-25-23(18-22)35-28(44-25)20-11-12-33-24(17-20)29(42)41-15-13-40(14-16-41)26(27-36-38-39(4)37-27)19-5-7-21(32)8-6-19/h5-12,17-18,26H,13-16H2,1-4H3,(H,34,43). The van der Waals surface area contributed by atoms with Gasteiger partial charge in [-0.15, -0.1) is 10.2 Å². The molecule has 5 aromatic rings. The number of nitrogens with one attached hydrogen (secondary N) is 1. The molecule has 4 heterocycles. The fourth-order valence-electron chi connectivity index (χ4n) is 5.05. The van der Waals surface area contributed by atoms with Crippen molar-refractivity contribution in [1.82, 2.24) is 40.0 Å². The van der Waals surface area contributed by atoms with Gasteiger partial charge in [-0.3, -0.25) is 19.5 Å². The number of amides is 2. The molecular weight excluding hydrogens is 565 g/mol. The average Bonchev–Trinajstić information content (AvgIpc) is 3.64. The Morgan fingerprint density at radius 1 is 1.00 bits per heavy atom. The van der Waals surface area contributed by atoms with E-state index in [-0.39, 0.29) is 29.4 Å². The molecule has 1 aliphatic rings. The van der Waals surface area contributed by atoms with Gasteiger partial charge in [-0.1, -0.05) is 32.9 Å². The van der Waals surface area contributed by atoms with E-state index in [1.165, 1.54) is 16.9 Å². The monoisotopic (exact) mass is 597 g/mol. The number of hydrogen-bond acceptors (Lipinski definition) is 9. The van der Waals surface area contributed by atoms with Crippen molar-refractivity contribution in [3.8, 4) is 11.5 Å². The van der Waals surface area contributed by atoms with E-state index in [0.29, 0.717) is 60.2 Å². The molecule has 13 heteroatoms. The van der Waals surface area contributed by atoms with Gasteiger partial charge in [0.1, 0.15) is 17.0 Å². The van der Waals surface area contributed by atoms with Gasteiger partial charge in [0.2, 0.25) is 11.8 Å². The number of benzene rings is 2. The van der Waals surface area contributed by atoms with Crippen molar-refractivity contribution in [2.45, 2.75) is 26.8 Å². The molecule has 0 bridgehead atoms. The van der Waals surface area contributed by atoms with Gasteiger partial charge in [-0.2, -0.15) is 4.80 Å². The minimum Gasteiger partial charge on any atom is -0.436 e. The highest BCUT2D eigenvalue weighted by molar-refractivity contribution is 5.96. The fraction of sp³-hybridized carbons (Fsp3) is 0.323. The highest BCUT2D eigenvalue weighted by atomic mass is 19.1. The Balaban J connectivity index is 1.16. The van der Waals surface area contributed by atoms with Gasteiger partial charge in [0.05, 0.1) is 13.1 Å². The van der Waals surface area contributed by atoms with Crippen LogP contribution in [0, 0.1) is 11.2 Å². The number of aryl methyl sites for hydroxylation is 1. The Kier molecular flexibility index (Phi) is 7.64. The Labute approximate surface area is 252 Å². The Morgan fingerprint density at radius 2 is 1.75 bits per heavy atom. The van der Waals surface area contributed by atoms with E-state index in [9.17, 15) is 14.0 Å². The number of anilines is 1. The summed E-state index contributed by atoms with van der Waals surface area (Å²) in [6, 6.07) is 14.6. The summed E-state index contributed by atoms with van der Waals surface area (Å²) >= 11 is 0. The molecule has 12 nitrogen and oxygen atoms in total. The number of aromatic nitrogens is 6. The summed E-state index contributed by atoms with van der Waals surface area (Å²) in [5.41, 5.74) is 2.97. The Morgan fingerprint density at radius 3 is 2.43 bits per heavy atom. The lowest BCUT2D eigenvalue weighted by molar-refractivity contribution is -0.123. The zero-order valence-corrected chi connectivity index (χ0v) is 24.9. The lowest BCUT2D eigenvalue weighted by Crippen LogP contribution is -2.50. The van der Waals surface area contributed by atoms with Crippen LogP contribution in [0.5, 0.6) is 0 Å². The number of fused-ring (bicyclic) bond motifs is 1. The zero-order valence-electron chi connectivity index (χ0n) is 24.9. The molecule has 6 rings (SSSR count). The zero-order chi connectivity index (χ0) is 31.0. The summed E-state index contributed by atoms with van der Waals surface area (Å²) in [6.07, 6.45) is 1.56. The van der Waals surface area contributed by atoms with E-state index in [0.717, 1.165) is 5.56 Å². The summed E-state index contributed by atoms with van der Waals surface area (Å²) < 4.78 is 19.6. The number of halogens is 1. The predicted octanol–water partition coefficient (Wildman–Crippen LogP) is 4.08. The maximum atomic E-state index is 13.6. The minimum atomic E-state index is -0.533. The first kappa shape index (κ1) is 29.1. The van der Waals surface area contributed by atoms with Gasteiger partial charge in [-0.25, -0.2) is 9.37 Å². The number of carbonyl (C=O) groups excluding carboxylic acids is 2. The van der Waals surface area contributed by atoms with Crippen molar-refractivity contribution in [3.63, 3.8) is 0 Å². The third kappa shape index (κ3) is 6.04. The topological polar surface area (TPSA) is 135 Å². The summed E-state index contributed by atoms with van der Waals surface area (Å²) in [5, 5.41) is 15.5. The molecule has 226 valence electrons. The summed E-state index contributed by atoms with van der Waals surface area (Å²) in [4.78, 5) is 40.2. The average molecular weight is 598 g/mol. The van der Waals surface area contributed by atoms with E-state index >= 15 is 0 Å². The maximum Gasteiger partial charge on any atom is 0.272 e. The van der Waals surface area contributed by atoms with Crippen molar-refractivity contribution in [2.75, 3.05) is 31.5 Å². The van der Waals surface area contributed by atoms with E-state index in [2.05, 4.69) is 35.6 Å². The van der Waals surface area contributed by atoms with Crippen molar-refractivity contribution in [3.05, 3.63) is 83.7 Å². The van der Waals surface area contributed by atoms with Crippen molar-refractivity contribution < 1.29 is 18.4 Å². The predicted molar refractivity (Wildman–Crippen MR) is 160 cm³/mol. The highest BCUT2D eigenvalue weighted by Gasteiger charge is 2.32. The Hall–Kier alpha value is -5.04. The molecule has 1 fully saturated rings. The van der Waals surface area contributed by atoms with Crippen LogP contribution in [0.3, 0.4) is 0 Å². The lowest BCUT2D eigenvalue weighted by Gasteiger charge is -2.38. The normalized spacial score (nSPS) is 15.0. The number of carbonyl (C=O) groups is 2. The lowest BCUT2D eigenvalue weighted by atomic mass is 9.95. The van der Waals surface area contributed by atoms with E-state index < -0.39 is 5.41 Å². The van der Waals surface area contributed by atoms with E-state index in [4.69, 9.17) is 4.42 Å². The van der Waals surface area contributed by atoms with Crippen molar-refractivity contribution >= 4 is 28.6 Å². The molecule has 44 heavy (non-hydrogen) atoms. The second-order valence-corrected chi connectivity index (χ2v) is 11.8. The molecule has 1 N–H and O–H groups in total. The van der Waals surface area contributed by atoms with Gasteiger partial charge in [0, 0.05) is 49.0 Å². The van der Waals surface area contributed by atoms with E-state index in [1.54, 1.807) is 60.6 Å². The highest BCUT2D eigenvalue weighted by Crippen LogP contribution is 2.29. The molecular formula is C31H32FN9O3. The number of pyridine rings is 1. The van der Waals surface area contributed by atoms with Gasteiger partial charge < -0.3 is 14.6 Å². The maximum absolute atomic E-state index is 13.6. The number of rotatable bonds is 6. The van der Waals surface area contributed by atoms with Crippen molar-refractivity contribution in [1.29, 1.82) is 0 Å². The summed E-state index contributed by atoms with van der Waals surface area (Å²) in [5.74, 6) is 0.229. The number of piperazine rings is 1. The first-order valence-corrected chi connectivity index (χ1v) is 14.3. The van der Waals surface area contributed by atoms with Gasteiger partial charge in [0.15, 0.2) is 11.4 Å². The van der Waals surface area contributed by atoms with Crippen LogP contribution >= 0.6 is 0 Å². The smallest absolute Gasteiger partial charge is 0.272 e.